The van der Waals surface area contributed by atoms with Crippen LogP contribution < -0.4 is 0 Å². The summed E-state index contributed by atoms with van der Waals surface area (Å²) >= 11 is 1.84. The van der Waals surface area contributed by atoms with E-state index in [4.69, 9.17) is 9.47 Å². The highest BCUT2D eigenvalue weighted by Crippen LogP contribution is 2.56. The van der Waals surface area contributed by atoms with Gasteiger partial charge < -0.3 is 14.6 Å². The Kier molecular flexibility index (Phi) is 3.01. The molecular weight excluding hydrogens is 252 g/mol. The highest BCUT2D eigenvalue weighted by Gasteiger charge is 2.69. The molecule has 2 aliphatic heterocycles. The molecule has 1 N–H and O–H groups in total. The third kappa shape index (κ3) is 1.68. The van der Waals surface area contributed by atoms with Gasteiger partial charge in [-0.1, -0.05) is 6.92 Å². The maximum atomic E-state index is 12.2. The predicted octanol–water partition coefficient (Wildman–Crippen LogP) is 1.56. The summed E-state index contributed by atoms with van der Waals surface area (Å²) in [6, 6.07) is 0. The lowest BCUT2D eigenvalue weighted by Gasteiger charge is -2.45. The van der Waals surface area contributed by atoms with Crippen LogP contribution in [0, 0.1) is 11.8 Å². The first-order valence-corrected chi connectivity index (χ1v) is 7.83. The van der Waals surface area contributed by atoms with Crippen molar-refractivity contribution >= 4 is 17.5 Å². The van der Waals surface area contributed by atoms with E-state index >= 15 is 0 Å². The predicted molar refractivity (Wildman–Crippen MR) is 68.1 cm³/mol. The molecule has 1 saturated carbocycles. The van der Waals surface area contributed by atoms with E-state index in [0.29, 0.717) is 6.42 Å². The van der Waals surface area contributed by atoms with Crippen LogP contribution in [0.2, 0.25) is 0 Å². The number of hydrogen-bond donors (Lipinski definition) is 1. The first-order valence-electron chi connectivity index (χ1n) is 6.67. The van der Waals surface area contributed by atoms with E-state index in [2.05, 4.69) is 6.92 Å². The van der Waals surface area contributed by atoms with Crippen molar-refractivity contribution < 1.29 is 19.4 Å². The van der Waals surface area contributed by atoms with Crippen molar-refractivity contribution in [3.05, 3.63) is 0 Å². The summed E-state index contributed by atoms with van der Waals surface area (Å²) in [5.41, 5.74) is -0.838. The van der Waals surface area contributed by atoms with E-state index in [9.17, 15) is 9.90 Å². The van der Waals surface area contributed by atoms with Gasteiger partial charge in [-0.25, -0.2) is 0 Å². The van der Waals surface area contributed by atoms with Crippen molar-refractivity contribution in [3.8, 4) is 0 Å². The number of thioether (sulfide) groups is 1. The Bertz CT molecular complexity index is 374. The van der Waals surface area contributed by atoms with Gasteiger partial charge in [-0.2, -0.15) is 11.8 Å². The van der Waals surface area contributed by atoms with Gasteiger partial charge in [0.1, 0.15) is 11.4 Å². The zero-order valence-electron chi connectivity index (χ0n) is 10.8. The Morgan fingerprint density at radius 1 is 1.50 bits per heavy atom. The van der Waals surface area contributed by atoms with E-state index in [1.54, 1.807) is 6.92 Å². The molecule has 0 amide bonds. The maximum Gasteiger partial charge on any atom is 0.198 e. The van der Waals surface area contributed by atoms with E-state index < -0.39 is 17.7 Å². The second-order valence-corrected chi connectivity index (χ2v) is 6.96. The average molecular weight is 272 g/mol. The van der Waals surface area contributed by atoms with Crippen LogP contribution in [0.4, 0.5) is 0 Å². The van der Waals surface area contributed by atoms with Crippen molar-refractivity contribution in [1.29, 1.82) is 0 Å². The summed E-state index contributed by atoms with van der Waals surface area (Å²) in [6.07, 6.45) is 1.40. The molecule has 3 aliphatic rings. The van der Waals surface area contributed by atoms with Crippen molar-refractivity contribution in [1.82, 2.24) is 0 Å². The first kappa shape index (κ1) is 12.9. The van der Waals surface area contributed by atoms with Gasteiger partial charge in [-0.05, 0) is 19.1 Å². The van der Waals surface area contributed by atoms with Crippen LogP contribution >= 0.6 is 11.8 Å². The van der Waals surface area contributed by atoms with Gasteiger partial charge >= 0.3 is 0 Å². The van der Waals surface area contributed by atoms with E-state index in [-0.39, 0.29) is 24.0 Å². The quantitative estimate of drug-likeness (QED) is 0.787. The minimum atomic E-state index is -1.25. The molecular formula is C13H20O4S. The smallest absolute Gasteiger partial charge is 0.198 e. The highest BCUT2D eigenvalue weighted by molar-refractivity contribution is 7.99. The minimum Gasteiger partial charge on any atom is -0.363 e. The number of ether oxygens (including phenoxy) is 2. The molecule has 0 spiro atoms. The highest BCUT2D eigenvalue weighted by atomic mass is 32.2. The van der Waals surface area contributed by atoms with Gasteiger partial charge in [0.25, 0.3) is 0 Å². The fourth-order valence-electron chi connectivity index (χ4n) is 3.32. The molecule has 0 aromatic heterocycles. The third-order valence-electron chi connectivity index (χ3n) is 4.46. The first-order chi connectivity index (χ1) is 8.49. The van der Waals surface area contributed by atoms with Gasteiger partial charge in [-0.15, -0.1) is 0 Å². The number of carbonyl (C=O) groups excluding carboxylic acids is 1. The number of Topliss-reactive ketones (excluding diaryl/α,β-unsaturated/α-hetero) is 1. The number of fused-ring (bicyclic) bond motifs is 2. The van der Waals surface area contributed by atoms with Gasteiger partial charge in [0.2, 0.25) is 0 Å². The topological polar surface area (TPSA) is 55.8 Å². The average Bonchev–Trinajstić information content (AvgIpc) is 2.46. The van der Waals surface area contributed by atoms with Crippen LogP contribution in [0.3, 0.4) is 0 Å². The third-order valence-corrected chi connectivity index (χ3v) is 5.78. The summed E-state index contributed by atoms with van der Waals surface area (Å²) in [7, 11) is 0. The summed E-state index contributed by atoms with van der Waals surface area (Å²) < 4.78 is 11.6. The Labute approximate surface area is 111 Å². The van der Waals surface area contributed by atoms with E-state index in [0.717, 1.165) is 17.9 Å². The monoisotopic (exact) mass is 272 g/mol. The van der Waals surface area contributed by atoms with Crippen LogP contribution in [0.5, 0.6) is 0 Å². The van der Waals surface area contributed by atoms with Crippen LogP contribution in [0.15, 0.2) is 0 Å². The molecule has 2 saturated heterocycles. The second kappa shape index (κ2) is 4.20. The van der Waals surface area contributed by atoms with Crippen molar-refractivity contribution in [2.24, 2.45) is 11.8 Å². The van der Waals surface area contributed by atoms with Crippen molar-refractivity contribution in [3.63, 3.8) is 0 Å². The molecule has 18 heavy (non-hydrogen) atoms. The number of hydrogen-bond acceptors (Lipinski definition) is 5. The minimum absolute atomic E-state index is 0.0892. The van der Waals surface area contributed by atoms with Crippen molar-refractivity contribution in [2.75, 3.05) is 11.5 Å². The number of ketones is 1. The molecule has 0 radical (unpaired) electrons. The molecule has 102 valence electrons. The molecule has 3 fully saturated rings. The van der Waals surface area contributed by atoms with Gasteiger partial charge in [0.05, 0.1) is 0 Å². The molecule has 4 nitrogen and oxygen atoms in total. The molecule has 1 aliphatic carbocycles. The normalized spacial score (nSPS) is 49.9. The van der Waals surface area contributed by atoms with Gasteiger partial charge in [-0.3, -0.25) is 4.79 Å². The molecule has 0 unspecified atom stereocenters. The number of rotatable bonds is 4. The van der Waals surface area contributed by atoms with Crippen molar-refractivity contribution in [2.45, 2.75) is 50.8 Å². The summed E-state index contributed by atoms with van der Waals surface area (Å²) in [4.78, 5) is 12.2. The standard InChI is InChI=1S/C13H20O4S/c1-3-4-18-7-9-8-5-13(15)12(2,6-10(8)14)16-11(9)17-13/h8-9,11,15H,3-7H2,1-2H3/t8-,9+,11+,12+,13-/m1/s1. The molecule has 3 rings (SSSR count). The second-order valence-electron chi connectivity index (χ2n) is 5.81. The molecule has 0 aromatic carbocycles. The molecule has 5 heteroatoms. The Balaban J connectivity index is 1.81. The Morgan fingerprint density at radius 3 is 3.00 bits per heavy atom. The molecule has 3 bridgehead atoms. The Morgan fingerprint density at radius 2 is 2.28 bits per heavy atom. The summed E-state index contributed by atoms with van der Waals surface area (Å²) in [5.74, 6) is 0.956. The zero-order chi connectivity index (χ0) is 13.0. The number of carbonyl (C=O) groups is 1. The Hall–Kier alpha value is -0.100. The van der Waals surface area contributed by atoms with Crippen LogP contribution in [-0.2, 0) is 14.3 Å². The molecule has 5 atom stereocenters. The maximum absolute atomic E-state index is 12.2. The summed E-state index contributed by atoms with van der Waals surface area (Å²) in [5, 5.41) is 10.5. The lowest BCUT2D eigenvalue weighted by molar-refractivity contribution is -0.266. The molecule has 2 heterocycles. The lowest BCUT2D eigenvalue weighted by atomic mass is 9.70. The zero-order valence-corrected chi connectivity index (χ0v) is 11.7. The largest absolute Gasteiger partial charge is 0.363 e. The van der Waals surface area contributed by atoms with E-state index in [1.807, 2.05) is 11.8 Å². The SMILES string of the molecule is CCCSC[C@@H]1[C@@H]2O[C@]3(O)C[C@H]1C(=O)C[C@]3(C)O2. The van der Waals surface area contributed by atoms with Crippen LogP contribution in [0.1, 0.15) is 33.1 Å². The number of aliphatic hydroxyl groups is 1. The summed E-state index contributed by atoms with van der Waals surface area (Å²) in [6.45, 7) is 3.94. The fourth-order valence-corrected chi connectivity index (χ4v) is 4.44. The fraction of sp³-hybridized carbons (Fsp3) is 0.923. The molecule has 0 aromatic rings. The van der Waals surface area contributed by atoms with Crippen LogP contribution in [0.25, 0.3) is 0 Å². The van der Waals surface area contributed by atoms with Gasteiger partial charge in [0, 0.05) is 30.4 Å². The van der Waals surface area contributed by atoms with Crippen LogP contribution in [-0.4, -0.2) is 40.1 Å². The lowest BCUT2D eigenvalue weighted by Crippen LogP contribution is -2.59. The van der Waals surface area contributed by atoms with Gasteiger partial charge in [0.15, 0.2) is 12.1 Å². The van der Waals surface area contributed by atoms with E-state index in [1.165, 1.54) is 0 Å².